The molecule has 0 aliphatic heterocycles. The molecular formula is C17H29NO. The van der Waals surface area contributed by atoms with Crippen molar-refractivity contribution >= 4 is 0 Å². The molecule has 0 aliphatic rings. The first kappa shape index (κ1) is 16.2. The second kappa shape index (κ2) is 7.66. The maximum atomic E-state index is 9.30. The van der Waals surface area contributed by atoms with Gasteiger partial charge in [-0.2, -0.15) is 0 Å². The van der Waals surface area contributed by atoms with Crippen molar-refractivity contribution in [3.63, 3.8) is 0 Å². The van der Waals surface area contributed by atoms with Gasteiger partial charge in [-0.1, -0.05) is 45.0 Å². The van der Waals surface area contributed by atoms with E-state index in [0.717, 1.165) is 25.8 Å². The molecule has 0 fully saturated rings. The number of hydrogen-bond acceptors (Lipinski definition) is 2. The van der Waals surface area contributed by atoms with Crippen LogP contribution >= 0.6 is 0 Å². The molecule has 1 atom stereocenters. The maximum absolute atomic E-state index is 9.30. The van der Waals surface area contributed by atoms with Crippen LogP contribution < -0.4 is 5.32 Å². The number of rotatable bonds is 8. The summed E-state index contributed by atoms with van der Waals surface area (Å²) in [7, 11) is 0. The molecule has 1 rings (SSSR count). The predicted molar refractivity (Wildman–Crippen MR) is 82.3 cm³/mol. The second-order valence-electron chi connectivity index (χ2n) is 6.03. The first-order chi connectivity index (χ1) is 9.01. The van der Waals surface area contributed by atoms with Gasteiger partial charge in [0.05, 0.1) is 0 Å². The van der Waals surface area contributed by atoms with Crippen LogP contribution in [-0.2, 0) is 12.0 Å². The highest BCUT2D eigenvalue weighted by Gasteiger charge is 2.24. The highest BCUT2D eigenvalue weighted by Crippen LogP contribution is 2.25. The van der Waals surface area contributed by atoms with Crippen LogP contribution in [0.15, 0.2) is 24.3 Å². The quantitative estimate of drug-likeness (QED) is 0.752. The molecule has 2 N–H and O–H groups in total. The number of aliphatic hydroxyl groups is 1. The topological polar surface area (TPSA) is 32.3 Å². The van der Waals surface area contributed by atoms with E-state index < -0.39 is 0 Å². The van der Waals surface area contributed by atoms with Crippen LogP contribution in [0.5, 0.6) is 0 Å². The van der Waals surface area contributed by atoms with Gasteiger partial charge in [0.2, 0.25) is 0 Å². The molecule has 0 heterocycles. The molecule has 2 nitrogen and oxygen atoms in total. The summed E-state index contributed by atoms with van der Waals surface area (Å²) in [5.41, 5.74) is 2.53. The third-order valence-electron chi connectivity index (χ3n) is 3.61. The minimum absolute atomic E-state index is 0.124. The molecule has 2 heteroatoms. The second-order valence-corrected chi connectivity index (χ2v) is 6.03. The maximum Gasteiger partial charge on any atom is 0.0451 e. The molecule has 0 aliphatic carbocycles. The fourth-order valence-electron chi connectivity index (χ4n) is 2.44. The summed E-state index contributed by atoms with van der Waals surface area (Å²) >= 11 is 0. The Hall–Kier alpha value is -0.860. The number of nitrogens with one attached hydrogen (secondary N) is 1. The third kappa shape index (κ3) is 4.96. The summed E-state index contributed by atoms with van der Waals surface area (Å²) in [6, 6.07) is 8.85. The average Bonchev–Trinajstić information content (AvgIpc) is 2.37. The number of benzene rings is 1. The van der Waals surface area contributed by atoms with Crippen molar-refractivity contribution in [2.45, 2.75) is 52.5 Å². The predicted octanol–water partition coefficient (Wildman–Crippen LogP) is 3.48. The third-order valence-corrected chi connectivity index (χ3v) is 3.61. The van der Waals surface area contributed by atoms with Gasteiger partial charge in [0.15, 0.2) is 0 Å². The summed E-state index contributed by atoms with van der Waals surface area (Å²) in [5.74, 6) is 0.688. The Morgan fingerprint density at radius 2 is 1.84 bits per heavy atom. The lowest BCUT2D eigenvalue weighted by Crippen LogP contribution is -2.40. The van der Waals surface area contributed by atoms with Crippen molar-refractivity contribution in [2.24, 2.45) is 5.92 Å². The van der Waals surface area contributed by atoms with Crippen molar-refractivity contribution < 1.29 is 5.11 Å². The van der Waals surface area contributed by atoms with Gasteiger partial charge >= 0.3 is 0 Å². The van der Waals surface area contributed by atoms with Crippen molar-refractivity contribution in [1.29, 1.82) is 0 Å². The Balaban J connectivity index is 2.84. The Morgan fingerprint density at radius 3 is 2.32 bits per heavy atom. The zero-order chi connectivity index (χ0) is 14.3. The monoisotopic (exact) mass is 263 g/mol. The van der Waals surface area contributed by atoms with E-state index in [9.17, 15) is 5.11 Å². The average molecular weight is 263 g/mol. The summed E-state index contributed by atoms with van der Waals surface area (Å²) in [6.07, 6.45) is 2.97. The van der Waals surface area contributed by atoms with Crippen LogP contribution in [0.2, 0.25) is 0 Å². The first-order valence-electron chi connectivity index (χ1n) is 7.47. The van der Waals surface area contributed by atoms with Crippen LogP contribution in [-0.4, -0.2) is 18.3 Å². The Labute approximate surface area is 118 Å². The van der Waals surface area contributed by atoms with E-state index in [0.29, 0.717) is 5.92 Å². The largest absolute Gasteiger partial charge is 0.396 e. The lowest BCUT2D eigenvalue weighted by Gasteiger charge is -2.31. The lowest BCUT2D eigenvalue weighted by atomic mass is 9.87. The fourth-order valence-corrected chi connectivity index (χ4v) is 2.44. The number of aliphatic hydroxyl groups excluding tert-OH is 1. The van der Waals surface area contributed by atoms with Crippen molar-refractivity contribution in [3.05, 3.63) is 35.4 Å². The molecule has 19 heavy (non-hydrogen) atoms. The molecule has 0 spiro atoms. The summed E-state index contributed by atoms with van der Waals surface area (Å²) < 4.78 is 0. The molecule has 0 saturated heterocycles. The van der Waals surface area contributed by atoms with E-state index in [1.165, 1.54) is 11.1 Å². The van der Waals surface area contributed by atoms with Gasteiger partial charge in [0.25, 0.3) is 0 Å². The van der Waals surface area contributed by atoms with E-state index in [1.54, 1.807) is 0 Å². The highest BCUT2D eigenvalue weighted by atomic mass is 16.3. The minimum Gasteiger partial charge on any atom is -0.396 e. The molecule has 108 valence electrons. The zero-order valence-corrected chi connectivity index (χ0v) is 12.9. The van der Waals surface area contributed by atoms with E-state index in [-0.39, 0.29) is 12.1 Å². The van der Waals surface area contributed by atoms with Crippen LogP contribution in [0.3, 0.4) is 0 Å². The van der Waals surface area contributed by atoms with Crippen molar-refractivity contribution in [2.75, 3.05) is 13.2 Å². The Bertz CT molecular complexity index is 358. The molecule has 0 bridgehead atoms. The molecule has 1 aromatic carbocycles. The summed E-state index contributed by atoms with van der Waals surface area (Å²) in [6.45, 7) is 10.0. The Morgan fingerprint density at radius 1 is 1.21 bits per heavy atom. The van der Waals surface area contributed by atoms with Gasteiger partial charge in [0, 0.05) is 12.1 Å². The summed E-state index contributed by atoms with van der Waals surface area (Å²) in [4.78, 5) is 0. The number of hydrogen-bond donors (Lipinski definition) is 2. The minimum atomic E-state index is -0.124. The molecule has 1 unspecified atom stereocenters. The Kier molecular flexibility index (Phi) is 6.53. The normalized spacial score (nSPS) is 14.6. The van der Waals surface area contributed by atoms with Gasteiger partial charge in [-0.05, 0) is 49.8 Å². The van der Waals surface area contributed by atoms with Gasteiger partial charge in [-0.3, -0.25) is 0 Å². The molecule has 0 radical (unpaired) electrons. The van der Waals surface area contributed by atoms with E-state index in [4.69, 9.17) is 0 Å². The van der Waals surface area contributed by atoms with Gasteiger partial charge in [-0.25, -0.2) is 0 Å². The van der Waals surface area contributed by atoms with Crippen molar-refractivity contribution in [3.8, 4) is 0 Å². The van der Waals surface area contributed by atoms with E-state index in [2.05, 4.69) is 57.3 Å². The SMILES string of the molecule is CCCNC(C)(CCO)c1ccc(CC(C)C)cc1. The van der Waals surface area contributed by atoms with Crippen LogP contribution in [0, 0.1) is 5.92 Å². The van der Waals surface area contributed by atoms with Crippen LogP contribution in [0.4, 0.5) is 0 Å². The van der Waals surface area contributed by atoms with E-state index in [1.807, 2.05) is 0 Å². The fraction of sp³-hybridized carbons (Fsp3) is 0.647. The van der Waals surface area contributed by atoms with Gasteiger partial charge in [-0.15, -0.1) is 0 Å². The van der Waals surface area contributed by atoms with Gasteiger partial charge in [0.1, 0.15) is 0 Å². The lowest BCUT2D eigenvalue weighted by molar-refractivity contribution is 0.221. The molecule has 0 amide bonds. The molecule has 1 aromatic rings. The molecule has 0 aromatic heterocycles. The standard InChI is InChI=1S/C17H29NO/c1-5-11-18-17(4,10-12-19)16-8-6-15(7-9-16)13-14(2)3/h6-9,14,18-19H,5,10-13H2,1-4H3. The van der Waals surface area contributed by atoms with E-state index >= 15 is 0 Å². The zero-order valence-electron chi connectivity index (χ0n) is 12.9. The summed E-state index contributed by atoms with van der Waals surface area (Å²) in [5, 5.41) is 12.9. The smallest absolute Gasteiger partial charge is 0.0451 e. The first-order valence-corrected chi connectivity index (χ1v) is 7.47. The highest BCUT2D eigenvalue weighted by molar-refractivity contribution is 5.28. The molecular weight excluding hydrogens is 234 g/mol. The van der Waals surface area contributed by atoms with Crippen molar-refractivity contribution in [1.82, 2.24) is 5.32 Å². The van der Waals surface area contributed by atoms with Gasteiger partial charge < -0.3 is 10.4 Å². The molecule has 0 saturated carbocycles. The van der Waals surface area contributed by atoms with Crippen LogP contribution in [0.25, 0.3) is 0 Å². The van der Waals surface area contributed by atoms with Crippen LogP contribution in [0.1, 0.15) is 51.7 Å².